The average Bonchev–Trinajstić information content (AvgIpc) is 2.12. The lowest BCUT2D eigenvalue weighted by atomic mass is 10.0. The van der Waals surface area contributed by atoms with Crippen LogP contribution >= 0.6 is 0 Å². The fraction of sp³-hybridized carbons (Fsp3) is 1.00. The second-order valence-electron chi connectivity index (χ2n) is 2.83. The molecule has 0 radical (unpaired) electrons. The normalized spacial score (nSPS) is 15.3. The van der Waals surface area contributed by atoms with Gasteiger partial charge < -0.3 is 0 Å². The molecule has 0 bridgehead atoms. The summed E-state index contributed by atoms with van der Waals surface area (Å²) >= 11 is 0. The molecule has 1 rings (SSSR count). The van der Waals surface area contributed by atoms with Gasteiger partial charge in [-0.2, -0.15) is 0 Å². The lowest BCUT2D eigenvalue weighted by molar-refractivity contribution is 0.504. The molecule has 1 fully saturated rings. The molecule has 1 saturated carbocycles. The van der Waals surface area contributed by atoms with Crippen LogP contribution in [-0.4, -0.2) is 0 Å². The summed E-state index contributed by atoms with van der Waals surface area (Å²) in [6, 6.07) is 0. The van der Waals surface area contributed by atoms with E-state index in [1.165, 1.54) is 44.9 Å². The fourth-order valence-corrected chi connectivity index (χ4v) is 1.06. The van der Waals surface area contributed by atoms with Gasteiger partial charge >= 0.3 is 0 Å². The highest BCUT2D eigenvalue weighted by Gasteiger charge is 1.95. The van der Waals surface area contributed by atoms with Gasteiger partial charge in [-0.25, -0.2) is 0 Å². The first-order valence-electron chi connectivity index (χ1n) is 5.41. The highest BCUT2D eigenvalue weighted by atomic mass is 14.0. The van der Waals surface area contributed by atoms with Gasteiger partial charge in [0.2, 0.25) is 0 Å². The van der Waals surface area contributed by atoms with Crippen LogP contribution in [0.5, 0.6) is 0 Å². The van der Waals surface area contributed by atoms with Crippen LogP contribution in [0.3, 0.4) is 0 Å². The molecule has 0 aromatic rings. The Morgan fingerprint density at radius 1 is 0.636 bits per heavy atom. The first kappa shape index (κ1) is 13.6. The van der Waals surface area contributed by atoms with E-state index < -0.39 is 0 Å². The van der Waals surface area contributed by atoms with Crippen molar-refractivity contribution in [3.05, 3.63) is 0 Å². The zero-order valence-electron chi connectivity index (χ0n) is 8.95. The molecule has 0 heteroatoms. The van der Waals surface area contributed by atoms with E-state index in [-0.39, 0.29) is 0 Å². The summed E-state index contributed by atoms with van der Waals surface area (Å²) in [5, 5.41) is 0. The SMILES string of the molecule is C1CCCCC1.CC.CCC. The summed E-state index contributed by atoms with van der Waals surface area (Å²) in [7, 11) is 0. The molecule has 0 spiro atoms. The predicted octanol–water partition coefficient (Wildman–Crippen LogP) is 4.78. The molecule has 0 heterocycles. The molecule has 0 N–H and O–H groups in total. The van der Waals surface area contributed by atoms with Gasteiger partial charge in [-0.1, -0.05) is 72.6 Å². The summed E-state index contributed by atoms with van der Waals surface area (Å²) in [6.07, 6.45) is 10.2. The molecule has 11 heavy (non-hydrogen) atoms. The standard InChI is InChI=1S/C6H12.C3H8.C2H6/c1-2-4-6-5-3-1;1-3-2;1-2/h1-6H2;3H2,1-2H3;1-2H3. The van der Waals surface area contributed by atoms with Gasteiger partial charge in [0.1, 0.15) is 0 Å². The second-order valence-corrected chi connectivity index (χ2v) is 2.83. The first-order valence-corrected chi connectivity index (χ1v) is 5.41. The van der Waals surface area contributed by atoms with E-state index in [9.17, 15) is 0 Å². The van der Waals surface area contributed by atoms with E-state index in [1.54, 1.807) is 0 Å². The van der Waals surface area contributed by atoms with Gasteiger partial charge in [0.15, 0.2) is 0 Å². The van der Waals surface area contributed by atoms with E-state index in [2.05, 4.69) is 13.8 Å². The summed E-state index contributed by atoms with van der Waals surface area (Å²) < 4.78 is 0. The molecule has 0 aromatic carbocycles. The first-order chi connectivity index (χ1) is 5.41. The highest BCUT2D eigenvalue weighted by molar-refractivity contribution is 4.51. The van der Waals surface area contributed by atoms with Crippen molar-refractivity contribution in [2.75, 3.05) is 0 Å². The Hall–Kier alpha value is 0. The van der Waals surface area contributed by atoms with Gasteiger partial charge in [0.05, 0.1) is 0 Å². The molecule has 0 nitrogen and oxygen atoms in total. The zero-order valence-corrected chi connectivity index (χ0v) is 8.95. The van der Waals surface area contributed by atoms with Crippen molar-refractivity contribution in [2.45, 2.75) is 72.6 Å². The lowest BCUT2D eigenvalue weighted by Gasteiger charge is -2.05. The Morgan fingerprint density at radius 3 is 0.818 bits per heavy atom. The van der Waals surface area contributed by atoms with E-state index in [4.69, 9.17) is 0 Å². The summed E-state index contributed by atoms with van der Waals surface area (Å²) in [6.45, 7) is 8.25. The Kier molecular flexibility index (Phi) is 20.4. The number of rotatable bonds is 0. The van der Waals surface area contributed by atoms with Crippen LogP contribution in [0.4, 0.5) is 0 Å². The maximum Gasteiger partial charge on any atom is -0.0533 e. The topological polar surface area (TPSA) is 0 Å². The number of hydrogen-bond acceptors (Lipinski definition) is 0. The second kappa shape index (κ2) is 16.5. The van der Waals surface area contributed by atoms with Gasteiger partial charge in [0.25, 0.3) is 0 Å². The highest BCUT2D eigenvalue weighted by Crippen LogP contribution is 2.15. The van der Waals surface area contributed by atoms with Crippen LogP contribution in [-0.2, 0) is 0 Å². The molecule has 0 aromatic heterocycles. The monoisotopic (exact) mass is 158 g/mol. The third-order valence-electron chi connectivity index (χ3n) is 1.50. The molecular weight excluding hydrogens is 132 g/mol. The van der Waals surface area contributed by atoms with Crippen molar-refractivity contribution in [1.82, 2.24) is 0 Å². The largest absolute Gasteiger partial charge is 0.0683 e. The molecule has 1 aliphatic rings. The summed E-state index contributed by atoms with van der Waals surface area (Å²) in [5.74, 6) is 0. The van der Waals surface area contributed by atoms with Crippen LogP contribution in [0.15, 0.2) is 0 Å². The van der Waals surface area contributed by atoms with E-state index in [0.717, 1.165) is 0 Å². The van der Waals surface area contributed by atoms with E-state index in [1.807, 2.05) is 13.8 Å². The van der Waals surface area contributed by atoms with Crippen molar-refractivity contribution in [3.63, 3.8) is 0 Å². The van der Waals surface area contributed by atoms with Gasteiger partial charge in [-0.15, -0.1) is 0 Å². The lowest BCUT2D eigenvalue weighted by Crippen LogP contribution is -1.85. The minimum absolute atomic E-state index is 1.25. The Labute approximate surface area is 73.4 Å². The summed E-state index contributed by atoms with van der Waals surface area (Å²) in [4.78, 5) is 0. The minimum atomic E-state index is 1.25. The Bertz CT molecular complexity index is 23.8. The number of hydrogen-bond donors (Lipinski definition) is 0. The van der Waals surface area contributed by atoms with Crippen LogP contribution in [0.2, 0.25) is 0 Å². The predicted molar refractivity (Wildman–Crippen MR) is 55.0 cm³/mol. The van der Waals surface area contributed by atoms with Crippen molar-refractivity contribution in [2.24, 2.45) is 0 Å². The van der Waals surface area contributed by atoms with Gasteiger partial charge in [-0.3, -0.25) is 0 Å². The molecule has 0 saturated heterocycles. The Balaban J connectivity index is 0. The molecule has 0 aliphatic heterocycles. The van der Waals surface area contributed by atoms with Crippen molar-refractivity contribution >= 4 is 0 Å². The fourth-order valence-electron chi connectivity index (χ4n) is 1.06. The zero-order chi connectivity index (χ0) is 8.95. The maximum absolute atomic E-state index is 2.12. The van der Waals surface area contributed by atoms with Crippen LogP contribution in [0.25, 0.3) is 0 Å². The summed E-state index contributed by atoms with van der Waals surface area (Å²) in [5.41, 5.74) is 0. The van der Waals surface area contributed by atoms with Crippen LogP contribution < -0.4 is 0 Å². The van der Waals surface area contributed by atoms with E-state index in [0.29, 0.717) is 0 Å². The molecule has 0 amide bonds. The molecule has 0 atom stereocenters. The van der Waals surface area contributed by atoms with E-state index >= 15 is 0 Å². The average molecular weight is 158 g/mol. The van der Waals surface area contributed by atoms with Gasteiger partial charge in [0, 0.05) is 0 Å². The Morgan fingerprint density at radius 2 is 0.727 bits per heavy atom. The minimum Gasteiger partial charge on any atom is -0.0683 e. The third-order valence-corrected chi connectivity index (χ3v) is 1.50. The third kappa shape index (κ3) is 17.8. The quantitative estimate of drug-likeness (QED) is 0.476. The van der Waals surface area contributed by atoms with Crippen LogP contribution in [0, 0.1) is 0 Å². The van der Waals surface area contributed by atoms with Gasteiger partial charge in [-0.05, 0) is 0 Å². The smallest absolute Gasteiger partial charge is 0.0533 e. The van der Waals surface area contributed by atoms with Crippen LogP contribution in [0.1, 0.15) is 72.6 Å². The molecule has 1 aliphatic carbocycles. The molecular formula is C11H26. The van der Waals surface area contributed by atoms with Crippen molar-refractivity contribution in [1.29, 1.82) is 0 Å². The van der Waals surface area contributed by atoms with Crippen molar-refractivity contribution < 1.29 is 0 Å². The van der Waals surface area contributed by atoms with Crippen molar-refractivity contribution in [3.8, 4) is 0 Å². The molecule has 0 unspecified atom stereocenters. The molecule has 70 valence electrons. The maximum atomic E-state index is 2.12.